The van der Waals surface area contributed by atoms with E-state index in [1.165, 1.54) is 16.7 Å². The van der Waals surface area contributed by atoms with Gasteiger partial charge in [0.05, 0.1) is 0 Å². The van der Waals surface area contributed by atoms with E-state index in [-0.39, 0.29) is 23.6 Å². The topological polar surface area (TPSA) is 52.7 Å². The van der Waals surface area contributed by atoms with Gasteiger partial charge in [0.1, 0.15) is 0 Å². The van der Waals surface area contributed by atoms with Gasteiger partial charge in [-0.1, -0.05) is 0 Å². The van der Waals surface area contributed by atoms with Crippen LogP contribution in [0.3, 0.4) is 0 Å². The van der Waals surface area contributed by atoms with Crippen LogP contribution in [0.15, 0.2) is 0 Å². The first-order chi connectivity index (χ1) is 7.02. The lowest BCUT2D eigenvalue weighted by molar-refractivity contribution is 0.117. The third-order valence-electron chi connectivity index (χ3n) is 2.28. The molecule has 0 aliphatic carbocycles. The van der Waals surface area contributed by atoms with E-state index in [9.17, 15) is 9.59 Å². The van der Waals surface area contributed by atoms with Gasteiger partial charge in [-0.15, -0.1) is 11.8 Å². The maximum absolute atomic E-state index is 12.0. The lowest BCUT2D eigenvalue weighted by Crippen LogP contribution is -2.65. The summed E-state index contributed by atoms with van der Waals surface area (Å²) in [4.78, 5) is 26.5. The molecule has 86 valence electrons. The predicted molar refractivity (Wildman–Crippen MR) is 60.6 cm³/mol. The Morgan fingerprint density at radius 2 is 2.07 bits per heavy atom. The van der Waals surface area contributed by atoms with E-state index < -0.39 is 0 Å². The van der Waals surface area contributed by atoms with Crippen LogP contribution >= 0.6 is 11.8 Å². The summed E-state index contributed by atoms with van der Waals surface area (Å²) in [5.74, 6) is 0. The molecule has 1 saturated heterocycles. The number of carbonyl (C=O) groups is 2. The van der Waals surface area contributed by atoms with Crippen molar-refractivity contribution in [2.75, 3.05) is 12.8 Å². The van der Waals surface area contributed by atoms with Crippen LogP contribution in [0.5, 0.6) is 0 Å². The number of rotatable bonds is 3. The van der Waals surface area contributed by atoms with Crippen molar-refractivity contribution in [1.82, 2.24) is 15.1 Å². The quantitative estimate of drug-likeness (QED) is 0.801. The van der Waals surface area contributed by atoms with Crippen molar-refractivity contribution in [1.29, 1.82) is 0 Å². The van der Waals surface area contributed by atoms with Crippen molar-refractivity contribution < 1.29 is 9.59 Å². The number of carbonyl (C=O) groups excluding carboxylic acids is 2. The number of hydrogen-bond donors (Lipinski definition) is 1. The predicted octanol–water partition coefficient (Wildman–Crippen LogP) is 1.51. The van der Waals surface area contributed by atoms with Crippen LogP contribution in [-0.2, 0) is 0 Å². The number of hydrogen-bond acceptors (Lipinski definition) is 3. The molecule has 0 radical (unpaired) electrons. The van der Waals surface area contributed by atoms with E-state index in [0.717, 1.165) is 0 Å². The van der Waals surface area contributed by atoms with Gasteiger partial charge in [0, 0.05) is 12.6 Å². The number of amides is 4. The normalized spacial score (nSPS) is 22.3. The number of nitrogens with one attached hydrogen (secondary N) is 1. The summed E-state index contributed by atoms with van der Waals surface area (Å²) >= 11 is 1.45. The van der Waals surface area contributed by atoms with Gasteiger partial charge in [0.25, 0.3) is 0 Å². The fourth-order valence-corrected chi connectivity index (χ4v) is 2.23. The molecule has 1 N–H and O–H groups in total. The molecule has 4 amide bonds. The lowest BCUT2D eigenvalue weighted by atomic mass is 10.3. The molecule has 5 nitrogen and oxygen atoms in total. The summed E-state index contributed by atoms with van der Waals surface area (Å²) in [6.45, 7) is 6.14. The van der Waals surface area contributed by atoms with Crippen molar-refractivity contribution in [2.45, 2.75) is 32.3 Å². The minimum absolute atomic E-state index is 0.116. The van der Waals surface area contributed by atoms with Crippen LogP contribution in [0.25, 0.3) is 0 Å². The maximum atomic E-state index is 12.0. The van der Waals surface area contributed by atoms with Crippen LogP contribution in [0, 0.1) is 0 Å². The Morgan fingerprint density at radius 3 is 2.47 bits per heavy atom. The second-order valence-corrected chi connectivity index (χ2v) is 4.49. The minimum Gasteiger partial charge on any atom is -0.308 e. The SMILES string of the molecule is CCN1C(=O)N(C(C)C)C(=O)NC1SC. The molecular formula is C9H17N3O2S. The first kappa shape index (κ1) is 12.2. The fraction of sp³-hybridized carbons (Fsp3) is 0.778. The van der Waals surface area contributed by atoms with E-state index in [4.69, 9.17) is 0 Å². The smallest absolute Gasteiger partial charge is 0.308 e. The summed E-state index contributed by atoms with van der Waals surface area (Å²) in [7, 11) is 0. The number of nitrogens with zero attached hydrogens (tertiary/aromatic N) is 2. The Hall–Kier alpha value is -0.910. The maximum Gasteiger partial charge on any atom is 0.330 e. The van der Waals surface area contributed by atoms with Gasteiger partial charge < -0.3 is 5.32 Å². The van der Waals surface area contributed by atoms with Gasteiger partial charge in [0.2, 0.25) is 0 Å². The summed E-state index contributed by atoms with van der Waals surface area (Å²) in [6, 6.07) is -0.635. The number of urea groups is 2. The van der Waals surface area contributed by atoms with Gasteiger partial charge >= 0.3 is 12.1 Å². The highest BCUT2D eigenvalue weighted by molar-refractivity contribution is 7.99. The van der Waals surface area contributed by atoms with Crippen molar-refractivity contribution >= 4 is 23.8 Å². The van der Waals surface area contributed by atoms with E-state index in [1.54, 1.807) is 4.90 Å². The Morgan fingerprint density at radius 1 is 1.47 bits per heavy atom. The molecule has 0 aromatic rings. The average molecular weight is 231 g/mol. The number of thioether (sulfide) groups is 1. The molecule has 1 aliphatic heterocycles. The second kappa shape index (κ2) is 4.74. The van der Waals surface area contributed by atoms with Crippen LogP contribution in [-0.4, -0.2) is 46.2 Å². The Kier molecular flexibility index (Phi) is 3.84. The molecule has 0 aromatic carbocycles. The van der Waals surface area contributed by atoms with Crippen LogP contribution in [0.4, 0.5) is 9.59 Å². The third-order valence-corrected chi connectivity index (χ3v) is 3.10. The largest absolute Gasteiger partial charge is 0.330 e. The van der Waals surface area contributed by atoms with E-state index in [2.05, 4.69) is 5.32 Å². The highest BCUT2D eigenvalue weighted by atomic mass is 32.2. The highest BCUT2D eigenvalue weighted by Crippen LogP contribution is 2.19. The Labute approximate surface area is 94.2 Å². The zero-order valence-corrected chi connectivity index (χ0v) is 10.3. The molecule has 0 bridgehead atoms. The highest BCUT2D eigenvalue weighted by Gasteiger charge is 2.38. The minimum atomic E-state index is -0.306. The molecule has 0 spiro atoms. The molecule has 0 saturated carbocycles. The van der Waals surface area contributed by atoms with Crippen LogP contribution in [0.1, 0.15) is 20.8 Å². The Bertz CT molecular complexity index is 270. The van der Waals surface area contributed by atoms with Gasteiger partial charge in [-0.3, -0.25) is 4.90 Å². The van der Waals surface area contributed by atoms with E-state index >= 15 is 0 Å². The zero-order chi connectivity index (χ0) is 11.6. The standard InChI is InChI=1S/C9H17N3O2S/c1-5-11-8(15-4)10-7(13)12(6(2)3)9(11)14/h6,8H,5H2,1-4H3,(H,10,13). The first-order valence-corrected chi connectivity index (χ1v) is 6.24. The average Bonchev–Trinajstić information content (AvgIpc) is 2.16. The molecule has 1 rings (SSSR count). The molecule has 15 heavy (non-hydrogen) atoms. The molecule has 1 unspecified atom stereocenters. The van der Waals surface area contributed by atoms with Crippen molar-refractivity contribution in [3.63, 3.8) is 0 Å². The third kappa shape index (κ3) is 2.19. The van der Waals surface area contributed by atoms with Gasteiger partial charge in [-0.2, -0.15) is 0 Å². The fourth-order valence-electron chi connectivity index (χ4n) is 1.52. The first-order valence-electron chi connectivity index (χ1n) is 4.96. The molecule has 1 aliphatic rings. The zero-order valence-electron chi connectivity index (χ0n) is 9.48. The van der Waals surface area contributed by atoms with Gasteiger partial charge in [-0.05, 0) is 27.0 Å². The van der Waals surface area contributed by atoms with Gasteiger partial charge in [0.15, 0.2) is 5.50 Å². The summed E-state index contributed by atoms with van der Waals surface area (Å²) in [5.41, 5.74) is -0.245. The van der Waals surface area contributed by atoms with Crippen molar-refractivity contribution in [2.24, 2.45) is 0 Å². The van der Waals surface area contributed by atoms with Crippen LogP contribution in [0.2, 0.25) is 0 Å². The second-order valence-electron chi connectivity index (χ2n) is 3.57. The van der Waals surface area contributed by atoms with E-state index in [0.29, 0.717) is 6.54 Å². The Balaban J connectivity index is 2.90. The molecular weight excluding hydrogens is 214 g/mol. The molecule has 1 heterocycles. The van der Waals surface area contributed by atoms with E-state index in [1.807, 2.05) is 27.0 Å². The molecule has 0 aromatic heterocycles. The molecule has 6 heteroatoms. The van der Waals surface area contributed by atoms with Gasteiger partial charge in [-0.25, -0.2) is 14.5 Å². The monoisotopic (exact) mass is 231 g/mol. The molecule has 1 atom stereocenters. The number of imide groups is 1. The van der Waals surface area contributed by atoms with Crippen molar-refractivity contribution in [3.05, 3.63) is 0 Å². The lowest BCUT2D eigenvalue weighted by Gasteiger charge is -2.41. The van der Waals surface area contributed by atoms with Crippen molar-refractivity contribution in [3.8, 4) is 0 Å². The summed E-state index contributed by atoms with van der Waals surface area (Å²) < 4.78 is 0. The van der Waals surface area contributed by atoms with Crippen LogP contribution < -0.4 is 5.32 Å². The summed E-state index contributed by atoms with van der Waals surface area (Å²) in [6.07, 6.45) is 1.87. The summed E-state index contributed by atoms with van der Waals surface area (Å²) in [5, 5.41) is 2.78. The molecule has 1 fully saturated rings.